The Hall–Kier alpha value is -1.23. The predicted octanol–water partition coefficient (Wildman–Crippen LogP) is 4.49. The number of fused-ring (bicyclic) bond motifs is 1. The number of anilines is 1. The molecule has 0 bridgehead atoms. The molecule has 2 fully saturated rings. The summed E-state index contributed by atoms with van der Waals surface area (Å²) in [4.78, 5) is 14.3. The number of thioether (sulfide) groups is 1. The summed E-state index contributed by atoms with van der Waals surface area (Å²) in [5.74, 6) is 5.73. The van der Waals surface area contributed by atoms with Gasteiger partial charge in [-0.2, -0.15) is 11.8 Å². The summed E-state index contributed by atoms with van der Waals surface area (Å²) in [6.45, 7) is 0. The summed E-state index contributed by atoms with van der Waals surface area (Å²) >= 11 is 2.19. The minimum Gasteiger partial charge on any atom is -0.356 e. The molecule has 0 aromatic carbocycles. The van der Waals surface area contributed by atoms with Gasteiger partial charge < -0.3 is 9.88 Å². The van der Waals surface area contributed by atoms with Crippen LogP contribution >= 0.6 is 11.8 Å². The van der Waals surface area contributed by atoms with Gasteiger partial charge in [-0.05, 0) is 48.7 Å². The van der Waals surface area contributed by atoms with Gasteiger partial charge >= 0.3 is 0 Å². The lowest BCUT2D eigenvalue weighted by atomic mass is 9.81. The van der Waals surface area contributed by atoms with Crippen molar-refractivity contribution >= 4 is 28.6 Å². The average Bonchev–Trinajstić information content (AvgIpc) is 3.23. The molecule has 0 unspecified atom stereocenters. The summed E-state index contributed by atoms with van der Waals surface area (Å²) in [6, 6.07) is 2.72. The molecule has 2 heterocycles. The minimum atomic E-state index is 0.637. The van der Waals surface area contributed by atoms with Crippen LogP contribution in [0.25, 0.3) is 11.0 Å². The number of hydrogen-bond acceptors (Lipinski definition) is 4. The molecule has 2 aliphatic rings. The molecule has 2 saturated carbocycles. The molecule has 5 heteroatoms. The molecule has 24 heavy (non-hydrogen) atoms. The Bertz CT molecular complexity index is 658. The van der Waals surface area contributed by atoms with E-state index in [4.69, 9.17) is 0 Å². The number of rotatable bonds is 7. The van der Waals surface area contributed by atoms with E-state index < -0.39 is 0 Å². The Morgan fingerprint density at radius 1 is 1.21 bits per heavy atom. The molecular formula is C19H28N4S. The van der Waals surface area contributed by atoms with Gasteiger partial charge in [0.25, 0.3) is 0 Å². The van der Waals surface area contributed by atoms with Gasteiger partial charge in [-0.3, -0.25) is 0 Å². The van der Waals surface area contributed by atoms with Crippen molar-refractivity contribution in [1.82, 2.24) is 15.0 Å². The highest BCUT2D eigenvalue weighted by Crippen LogP contribution is 2.37. The van der Waals surface area contributed by atoms with E-state index in [1.807, 2.05) is 6.20 Å². The average molecular weight is 345 g/mol. The zero-order valence-corrected chi connectivity index (χ0v) is 15.4. The topological polar surface area (TPSA) is 44.8 Å². The second-order valence-corrected chi connectivity index (χ2v) is 8.70. The van der Waals surface area contributed by atoms with Crippen LogP contribution in [0, 0.1) is 11.8 Å². The van der Waals surface area contributed by atoms with E-state index in [0.29, 0.717) is 6.04 Å². The van der Waals surface area contributed by atoms with Crippen LogP contribution < -0.4 is 4.90 Å². The summed E-state index contributed by atoms with van der Waals surface area (Å²) in [5.41, 5.74) is 0.935. The lowest BCUT2D eigenvalue weighted by Crippen LogP contribution is -2.44. The standard InChI is InChI=1S/C19H28N4S/c1-23(19-17-6-8-20-18(17)21-13-22-19)16-10-15(11-16)12-24-9-7-14-4-2-3-5-14/h6,8,13-16H,2-5,7,9-12H2,1H3,(H,20,21,22). The molecule has 0 saturated heterocycles. The van der Waals surface area contributed by atoms with Crippen LogP contribution in [0.1, 0.15) is 44.9 Å². The van der Waals surface area contributed by atoms with E-state index in [1.165, 1.54) is 56.5 Å². The molecule has 0 atom stereocenters. The number of nitrogens with one attached hydrogen (secondary N) is 1. The van der Waals surface area contributed by atoms with Crippen molar-refractivity contribution in [2.75, 3.05) is 23.5 Å². The van der Waals surface area contributed by atoms with Crippen molar-refractivity contribution in [2.45, 2.75) is 51.0 Å². The first-order valence-corrected chi connectivity index (χ1v) is 10.6. The lowest BCUT2D eigenvalue weighted by molar-refractivity contribution is 0.285. The number of H-pyrrole nitrogens is 1. The van der Waals surface area contributed by atoms with Gasteiger partial charge in [0.05, 0.1) is 5.39 Å². The minimum absolute atomic E-state index is 0.637. The predicted molar refractivity (Wildman–Crippen MR) is 103 cm³/mol. The maximum atomic E-state index is 4.52. The summed E-state index contributed by atoms with van der Waals surface area (Å²) in [5, 5.41) is 1.13. The molecule has 2 aromatic heterocycles. The fourth-order valence-corrected chi connectivity index (χ4v) is 5.54. The first-order chi connectivity index (χ1) is 11.8. The zero-order valence-electron chi connectivity index (χ0n) is 14.6. The lowest BCUT2D eigenvalue weighted by Gasteiger charge is -2.42. The van der Waals surface area contributed by atoms with Crippen molar-refractivity contribution < 1.29 is 0 Å². The first-order valence-electron chi connectivity index (χ1n) is 9.40. The maximum absolute atomic E-state index is 4.52. The molecule has 2 aromatic rings. The van der Waals surface area contributed by atoms with Crippen LogP contribution in [0.3, 0.4) is 0 Å². The summed E-state index contributed by atoms with van der Waals surface area (Å²) < 4.78 is 0. The molecule has 0 spiro atoms. The molecule has 130 valence electrons. The number of aromatic amines is 1. The van der Waals surface area contributed by atoms with Crippen LogP contribution in [0.15, 0.2) is 18.6 Å². The molecule has 0 aliphatic heterocycles. The van der Waals surface area contributed by atoms with E-state index in [9.17, 15) is 0 Å². The molecular weight excluding hydrogens is 316 g/mol. The quantitative estimate of drug-likeness (QED) is 0.752. The third-order valence-electron chi connectivity index (χ3n) is 5.92. The SMILES string of the molecule is CN(c1ncnc2[nH]ccc12)C1CC(CSCCC2CCCC2)C1. The van der Waals surface area contributed by atoms with Crippen LogP contribution in [0.2, 0.25) is 0 Å². The normalized spacial score (nSPS) is 24.4. The Kier molecular flexibility index (Phi) is 4.97. The molecule has 4 rings (SSSR count). The van der Waals surface area contributed by atoms with Gasteiger partial charge in [-0.25, -0.2) is 9.97 Å². The van der Waals surface area contributed by atoms with E-state index in [0.717, 1.165) is 28.7 Å². The highest BCUT2D eigenvalue weighted by Gasteiger charge is 2.33. The largest absolute Gasteiger partial charge is 0.356 e. The van der Waals surface area contributed by atoms with Gasteiger partial charge in [0.15, 0.2) is 0 Å². The highest BCUT2D eigenvalue weighted by molar-refractivity contribution is 7.99. The summed E-state index contributed by atoms with van der Waals surface area (Å²) in [7, 11) is 2.18. The number of hydrogen-bond donors (Lipinski definition) is 1. The van der Waals surface area contributed by atoms with Crippen molar-refractivity contribution in [3.63, 3.8) is 0 Å². The third kappa shape index (κ3) is 3.41. The Balaban J connectivity index is 1.21. The first kappa shape index (κ1) is 16.2. The molecule has 2 aliphatic carbocycles. The van der Waals surface area contributed by atoms with Crippen molar-refractivity contribution in [3.05, 3.63) is 18.6 Å². The van der Waals surface area contributed by atoms with Gasteiger partial charge in [0, 0.05) is 19.3 Å². The molecule has 0 radical (unpaired) electrons. The summed E-state index contributed by atoms with van der Waals surface area (Å²) in [6.07, 6.45) is 13.6. The van der Waals surface area contributed by atoms with E-state index in [-0.39, 0.29) is 0 Å². The monoisotopic (exact) mass is 344 g/mol. The van der Waals surface area contributed by atoms with Gasteiger partial charge in [0.2, 0.25) is 0 Å². The zero-order chi connectivity index (χ0) is 16.4. The number of nitrogens with zero attached hydrogens (tertiary/aromatic N) is 3. The highest BCUT2D eigenvalue weighted by atomic mass is 32.2. The third-order valence-corrected chi connectivity index (χ3v) is 7.16. The number of aromatic nitrogens is 3. The fraction of sp³-hybridized carbons (Fsp3) is 0.684. The second kappa shape index (κ2) is 7.34. The van der Waals surface area contributed by atoms with Crippen LogP contribution in [0.4, 0.5) is 5.82 Å². The Morgan fingerprint density at radius 3 is 2.88 bits per heavy atom. The van der Waals surface area contributed by atoms with Gasteiger partial charge in [0.1, 0.15) is 17.8 Å². The maximum Gasteiger partial charge on any atom is 0.142 e. The van der Waals surface area contributed by atoms with Gasteiger partial charge in [-0.15, -0.1) is 0 Å². The smallest absolute Gasteiger partial charge is 0.142 e. The van der Waals surface area contributed by atoms with Crippen molar-refractivity contribution in [2.24, 2.45) is 11.8 Å². The van der Waals surface area contributed by atoms with E-state index in [1.54, 1.807) is 6.33 Å². The molecule has 1 N–H and O–H groups in total. The van der Waals surface area contributed by atoms with Crippen LogP contribution in [-0.4, -0.2) is 39.5 Å². The Morgan fingerprint density at radius 2 is 2.04 bits per heavy atom. The second-order valence-electron chi connectivity index (χ2n) is 7.55. The fourth-order valence-electron chi connectivity index (χ4n) is 4.26. The van der Waals surface area contributed by atoms with Crippen LogP contribution in [0.5, 0.6) is 0 Å². The van der Waals surface area contributed by atoms with E-state index in [2.05, 4.69) is 44.7 Å². The van der Waals surface area contributed by atoms with Gasteiger partial charge in [-0.1, -0.05) is 25.7 Å². The van der Waals surface area contributed by atoms with Crippen molar-refractivity contribution in [1.29, 1.82) is 0 Å². The van der Waals surface area contributed by atoms with Crippen molar-refractivity contribution in [3.8, 4) is 0 Å². The van der Waals surface area contributed by atoms with E-state index >= 15 is 0 Å². The van der Waals surface area contributed by atoms with Crippen LogP contribution in [-0.2, 0) is 0 Å². The Labute approximate surface area is 148 Å². The molecule has 4 nitrogen and oxygen atoms in total. The molecule has 0 amide bonds.